The monoisotopic (exact) mass is 184 g/mol. The Morgan fingerprint density at radius 3 is 2.58 bits per heavy atom. The summed E-state index contributed by atoms with van der Waals surface area (Å²) in [5, 5.41) is 9.60. The third kappa shape index (κ3) is 1.30. The van der Waals surface area contributed by atoms with Gasteiger partial charge < -0.3 is 5.11 Å². The van der Waals surface area contributed by atoms with Crippen LogP contribution in [-0.2, 0) is 0 Å². The topological polar surface area (TPSA) is 37.3 Å². The highest BCUT2D eigenvalue weighted by atomic mass is 35.5. The Labute approximate surface area is 75.8 Å². The van der Waals surface area contributed by atoms with Crippen LogP contribution in [0.25, 0.3) is 0 Å². The SMILES string of the molecule is Cc1cc(C=O)c(O)c(Cl)c1C. The first-order valence-corrected chi connectivity index (χ1v) is 3.89. The van der Waals surface area contributed by atoms with Crippen molar-refractivity contribution in [2.75, 3.05) is 0 Å². The van der Waals surface area contributed by atoms with Gasteiger partial charge in [0.05, 0.1) is 10.6 Å². The van der Waals surface area contributed by atoms with E-state index in [0.717, 1.165) is 11.1 Å². The summed E-state index contributed by atoms with van der Waals surface area (Å²) in [6, 6.07) is 1.61. The van der Waals surface area contributed by atoms with Gasteiger partial charge in [-0.3, -0.25) is 4.79 Å². The minimum absolute atomic E-state index is 0.130. The predicted octanol–water partition coefficient (Wildman–Crippen LogP) is 2.47. The van der Waals surface area contributed by atoms with Gasteiger partial charge in [-0.15, -0.1) is 0 Å². The van der Waals surface area contributed by atoms with Crippen molar-refractivity contribution in [3.8, 4) is 5.75 Å². The number of phenols is 1. The van der Waals surface area contributed by atoms with Crippen molar-refractivity contribution in [3.63, 3.8) is 0 Å². The van der Waals surface area contributed by atoms with E-state index in [1.807, 2.05) is 6.92 Å². The molecule has 3 heteroatoms. The van der Waals surface area contributed by atoms with Crippen molar-refractivity contribution >= 4 is 17.9 Å². The number of phenolic OH excluding ortho intramolecular Hbond substituents is 1. The highest BCUT2D eigenvalue weighted by Gasteiger charge is 2.09. The number of halogens is 1. The zero-order valence-electron chi connectivity index (χ0n) is 6.89. The summed E-state index contributed by atoms with van der Waals surface area (Å²) in [6.45, 7) is 3.64. The number of aryl methyl sites for hydroxylation is 1. The normalized spacial score (nSPS) is 9.92. The van der Waals surface area contributed by atoms with E-state index >= 15 is 0 Å². The number of carbonyl (C=O) groups excluding carboxylic acids is 1. The molecule has 0 spiro atoms. The van der Waals surface area contributed by atoms with Crippen LogP contribution in [0.5, 0.6) is 5.75 Å². The van der Waals surface area contributed by atoms with E-state index in [4.69, 9.17) is 11.6 Å². The van der Waals surface area contributed by atoms with E-state index in [9.17, 15) is 9.90 Å². The summed E-state index contributed by atoms with van der Waals surface area (Å²) < 4.78 is 0. The fourth-order valence-electron chi connectivity index (χ4n) is 0.977. The second-order valence-electron chi connectivity index (χ2n) is 2.69. The first-order chi connectivity index (χ1) is 5.57. The lowest BCUT2D eigenvalue weighted by molar-refractivity contribution is 0.112. The average Bonchev–Trinajstić information content (AvgIpc) is 2.08. The molecule has 0 heterocycles. The molecule has 0 aliphatic carbocycles. The van der Waals surface area contributed by atoms with Gasteiger partial charge in [-0.2, -0.15) is 0 Å². The van der Waals surface area contributed by atoms with Gasteiger partial charge in [0.25, 0.3) is 0 Å². The van der Waals surface area contributed by atoms with Gasteiger partial charge in [-0.25, -0.2) is 0 Å². The van der Waals surface area contributed by atoms with Crippen molar-refractivity contribution in [2.24, 2.45) is 0 Å². The number of hydrogen-bond acceptors (Lipinski definition) is 2. The molecular formula is C9H9ClO2. The van der Waals surface area contributed by atoms with E-state index in [1.54, 1.807) is 13.0 Å². The number of aldehydes is 1. The van der Waals surface area contributed by atoms with Crippen LogP contribution in [0, 0.1) is 13.8 Å². The maximum atomic E-state index is 10.4. The predicted molar refractivity (Wildman–Crippen MR) is 48.0 cm³/mol. The van der Waals surface area contributed by atoms with Crippen LogP contribution >= 0.6 is 11.6 Å². The van der Waals surface area contributed by atoms with Gasteiger partial charge in [0, 0.05) is 0 Å². The number of benzene rings is 1. The molecule has 0 fully saturated rings. The number of hydrogen-bond donors (Lipinski definition) is 1. The van der Waals surface area contributed by atoms with Crippen LogP contribution in [0.15, 0.2) is 6.07 Å². The van der Waals surface area contributed by atoms with Gasteiger partial charge in [-0.05, 0) is 31.0 Å². The van der Waals surface area contributed by atoms with Crippen LogP contribution in [0.1, 0.15) is 21.5 Å². The molecule has 0 atom stereocenters. The van der Waals surface area contributed by atoms with Crippen molar-refractivity contribution < 1.29 is 9.90 Å². The second-order valence-corrected chi connectivity index (χ2v) is 3.07. The van der Waals surface area contributed by atoms with E-state index < -0.39 is 0 Å². The average molecular weight is 185 g/mol. The van der Waals surface area contributed by atoms with Gasteiger partial charge in [-0.1, -0.05) is 11.6 Å². The van der Waals surface area contributed by atoms with Crippen LogP contribution in [-0.4, -0.2) is 11.4 Å². The van der Waals surface area contributed by atoms with Gasteiger partial charge in [0.1, 0.15) is 5.75 Å². The molecule has 2 nitrogen and oxygen atoms in total. The van der Waals surface area contributed by atoms with Crippen molar-refractivity contribution in [3.05, 3.63) is 27.8 Å². The molecule has 1 rings (SSSR count). The van der Waals surface area contributed by atoms with Gasteiger partial charge >= 0.3 is 0 Å². The van der Waals surface area contributed by atoms with E-state index in [-0.39, 0.29) is 16.3 Å². The Hall–Kier alpha value is -1.02. The zero-order chi connectivity index (χ0) is 9.30. The molecule has 0 aliphatic rings. The van der Waals surface area contributed by atoms with Gasteiger partial charge in [0.15, 0.2) is 6.29 Å². The van der Waals surface area contributed by atoms with Crippen molar-refractivity contribution in [2.45, 2.75) is 13.8 Å². The van der Waals surface area contributed by atoms with Crippen LogP contribution in [0.4, 0.5) is 0 Å². The summed E-state index contributed by atoms with van der Waals surface area (Å²) in [4.78, 5) is 10.4. The van der Waals surface area contributed by atoms with E-state index in [2.05, 4.69) is 0 Å². The quantitative estimate of drug-likeness (QED) is 0.681. The summed E-state index contributed by atoms with van der Waals surface area (Å²) in [5.74, 6) is -0.130. The third-order valence-corrected chi connectivity index (χ3v) is 2.36. The number of rotatable bonds is 1. The molecule has 64 valence electrons. The van der Waals surface area contributed by atoms with Crippen LogP contribution in [0.2, 0.25) is 5.02 Å². The lowest BCUT2D eigenvalue weighted by atomic mass is 10.1. The van der Waals surface area contributed by atoms with Gasteiger partial charge in [0.2, 0.25) is 0 Å². The fraction of sp³-hybridized carbons (Fsp3) is 0.222. The lowest BCUT2D eigenvalue weighted by Crippen LogP contribution is -1.89. The zero-order valence-corrected chi connectivity index (χ0v) is 7.64. The molecule has 0 bridgehead atoms. The molecule has 0 saturated carbocycles. The Balaban J connectivity index is 3.49. The highest BCUT2D eigenvalue weighted by Crippen LogP contribution is 2.31. The molecule has 0 aliphatic heterocycles. The van der Waals surface area contributed by atoms with E-state index in [0.29, 0.717) is 6.29 Å². The maximum absolute atomic E-state index is 10.4. The summed E-state index contributed by atoms with van der Waals surface area (Å²) in [5.41, 5.74) is 1.95. The first-order valence-electron chi connectivity index (χ1n) is 3.51. The Bertz CT molecular complexity index is 332. The molecule has 0 amide bonds. The van der Waals surface area contributed by atoms with E-state index in [1.165, 1.54) is 0 Å². The Morgan fingerprint density at radius 1 is 1.50 bits per heavy atom. The minimum atomic E-state index is -0.130. The first kappa shape index (κ1) is 9.07. The molecule has 0 saturated heterocycles. The largest absolute Gasteiger partial charge is 0.506 e. The molecule has 0 aromatic heterocycles. The number of carbonyl (C=O) groups is 1. The second kappa shape index (κ2) is 3.15. The molecule has 12 heavy (non-hydrogen) atoms. The van der Waals surface area contributed by atoms with Crippen molar-refractivity contribution in [1.29, 1.82) is 0 Å². The molecule has 1 N–H and O–H groups in total. The molecular weight excluding hydrogens is 176 g/mol. The van der Waals surface area contributed by atoms with Crippen LogP contribution < -0.4 is 0 Å². The third-order valence-electron chi connectivity index (χ3n) is 1.90. The van der Waals surface area contributed by atoms with Crippen molar-refractivity contribution in [1.82, 2.24) is 0 Å². The maximum Gasteiger partial charge on any atom is 0.153 e. The smallest absolute Gasteiger partial charge is 0.153 e. The lowest BCUT2D eigenvalue weighted by Gasteiger charge is -2.06. The van der Waals surface area contributed by atoms with Crippen LogP contribution in [0.3, 0.4) is 0 Å². The molecule has 0 unspecified atom stereocenters. The Kier molecular flexibility index (Phi) is 2.38. The summed E-state index contributed by atoms with van der Waals surface area (Å²) >= 11 is 5.76. The number of aromatic hydroxyl groups is 1. The summed E-state index contributed by atoms with van der Waals surface area (Å²) in [6.07, 6.45) is 0.591. The highest BCUT2D eigenvalue weighted by molar-refractivity contribution is 6.33. The molecule has 1 aromatic rings. The molecule has 1 aromatic carbocycles. The molecule has 0 radical (unpaired) electrons. The summed E-state index contributed by atoms with van der Waals surface area (Å²) in [7, 11) is 0. The standard InChI is InChI=1S/C9H9ClO2/c1-5-3-7(4-11)9(12)8(10)6(5)2/h3-4,12H,1-2H3. The Morgan fingerprint density at radius 2 is 2.08 bits per heavy atom. The fourth-order valence-corrected chi connectivity index (χ4v) is 1.24. The minimum Gasteiger partial charge on any atom is -0.506 e.